The smallest absolute Gasteiger partial charge is 0.211 e. The van der Waals surface area contributed by atoms with Crippen LogP contribution in [0.1, 0.15) is 11.1 Å². The number of aryl methyl sites for hydroxylation is 1. The van der Waals surface area contributed by atoms with E-state index in [1.807, 2.05) is 61.5 Å². The van der Waals surface area contributed by atoms with Gasteiger partial charge < -0.3 is 16.8 Å². The summed E-state index contributed by atoms with van der Waals surface area (Å²) in [6.07, 6.45) is 0. The van der Waals surface area contributed by atoms with Crippen LogP contribution in [0, 0.1) is 6.92 Å². The molecule has 0 atom stereocenters. The van der Waals surface area contributed by atoms with Crippen LogP contribution in [0.5, 0.6) is 0 Å². The van der Waals surface area contributed by atoms with Crippen molar-refractivity contribution in [1.82, 2.24) is 0 Å². The Bertz CT molecular complexity index is 718. The molecule has 2 aromatic carbocycles. The molecule has 0 aliphatic rings. The maximum absolute atomic E-state index is 5.46. The summed E-state index contributed by atoms with van der Waals surface area (Å²) in [7, 11) is 0. The number of guanidine groups is 1. The van der Waals surface area contributed by atoms with Crippen LogP contribution in [0.3, 0.4) is 0 Å². The van der Waals surface area contributed by atoms with Gasteiger partial charge in [-0.05, 0) is 18.6 Å². The van der Waals surface area contributed by atoms with Gasteiger partial charge in [-0.25, -0.2) is 0 Å². The van der Waals surface area contributed by atoms with Crippen LogP contribution >= 0.6 is 12.2 Å². The second kappa shape index (κ2) is 7.33. The first-order valence-corrected chi connectivity index (χ1v) is 7.07. The van der Waals surface area contributed by atoms with Gasteiger partial charge in [0.25, 0.3) is 0 Å². The number of benzene rings is 2. The number of rotatable bonds is 4. The van der Waals surface area contributed by atoms with E-state index in [4.69, 9.17) is 23.7 Å². The molecule has 112 valence electrons. The van der Waals surface area contributed by atoms with Crippen molar-refractivity contribution >= 4 is 34.6 Å². The molecule has 6 heteroatoms. The van der Waals surface area contributed by atoms with Gasteiger partial charge in [0.15, 0.2) is 0 Å². The lowest BCUT2D eigenvalue weighted by molar-refractivity contribution is 1.21. The van der Waals surface area contributed by atoms with Crippen molar-refractivity contribution in [2.24, 2.45) is 21.7 Å². The number of hydrogen-bond donors (Lipinski definition) is 3. The highest BCUT2D eigenvalue weighted by molar-refractivity contribution is 7.82. The predicted molar refractivity (Wildman–Crippen MR) is 96.2 cm³/mol. The van der Waals surface area contributed by atoms with E-state index in [1.54, 1.807) is 0 Å². The van der Waals surface area contributed by atoms with E-state index in [-0.39, 0.29) is 5.96 Å². The molecule has 5 N–H and O–H groups in total. The van der Waals surface area contributed by atoms with Crippen LogP contribution in [0.4, 0.5) is 5.69 Å². The standard InChI is InChI=1S/C16H17N5S/c1-11-7-5-6-10-13(11)19-15(22)14(20-21-16(17)18)12-8-3-2-4-9-12/h2-10H,1H3,(H,19,22)(H4,17,18,21). The second-order valence-corrected chi connectivity index (χ2v) is 5.02. The molecule has 0 amide bonds. The Morgan fingerprint density at radius 3 is 2.23 bits per heavy atom. The third-order valence-corrected chi connectivity index (χ3v) is 3.22. The number of nitrogens with zero attached hydrogens (tertiary/aromatic N) is 2. The Morgan fingerprint density at radius 2 is 1.59 bits per heavy atom. The minimum Gasteiger partial charge on any atom is -0.369 e. The molecule has 0 aliphatic carbocycles. The van der Waals surface area contributed by atoms with E-state index in [0.717, 1.165) is 16.8 Å². The Kier molecular flexibility index (Phi) is 5.21. The Labute approximate surface area is 134 Å². The van der Waals surface area contributed by atoms with Gasteiger partial charge in [0, 0.05) is 11.3 Å². The summed E-state index contributed by atoms with van der Waals surface area (Å²) in [6.45, 7) is 2.00. The Morgan fingerprint density at radius 1 is 0.955 bits per heavy atom. The topological polar surface area (TPSA) is 88.8 Å². The van der Waals surface area contributed by atoms with E-state index in [9.17, 15) is 0 Å². The average Bonchev–Trinajstić information content (AvgIpc) is 2.50. The number of anilines is 1. The summed E-state index contributed by atoms with van der Waals surface area (Å²) < 4.78 is 0. The number of hydrogen-bond acceptors (Lipinski definition) is 3. The van der Waals surface area contributed by atoms with Gasteiger partial charge in [-0.1, -0.05) is 60.7 Å². The molecule has 5 nitrogen and oxygen atoms in total. The van der Waals surface area contributed by atoms with Crippen molar-refractivity contribution in [3.63, 3.8) is 0 Å². The molecule has 0 spiro atoms. The summed E-state index contributed by atoms with van der Waals surface area (Å²) in [6, 6.07) is 17.4. The zero-order valence-corrected chi connectivity index (χ0v) is 13.0. The van der Waals surface area contributed by atoms with Crippen LogP contribution in [0.15, 0.2) is 64.8 Å². The number of para-hydroxylation sites is 1. The normalized spacial score (nSPS) is 10.9. The Hall–Kier alpha value is -2.73. The molecule has 0 radical (unpaired) electrons. The summed E-state index contributed by atoms with van der Waals surface area (Å²) in [5, 5.41) is 11.0. The lowest BCUT2D eigenvalue weighted by atomic mass is 10.1. The van der Waals surface area contributed by atoms with Gasteiger partial charge >= 0.3 is 0 Å². The molecule has 0 aromatic heterocycles. The first-order chi connectivity index (χ1) is 10.6. The lowest BCUT2D eigenvalue weighted by Gasteiger charge is -2.12. The molecule has 0 bridgehead atoms. The molecule has 2 aromatic rings. The summed E-state index contributed by atoms with van der Waals surface area (Å²) in [5.74, 6) is -0.118. The molecule has 0 fully saturated rings. The van der Waals surface area contributed by atoms with Crippen LogP contribution in [0.2, 0.25) is 0 Å². The van der Waals surface area contributed by atoms with Crippen LogP contribution in [-0.4, -0.2) is 16.7 Å². The fourth-order valence-electron chi connectivity index (χ4n) is 1.83. The van der Waals surface area contributed by atoms with Crippen molar-refractivity contribution in [2.45, 2.75) is 6.92 Å². The van der Waals surface area contributed by atoms with E-state index < -0.39 is 0 Å². The van der Waals surface area contributed by atoms with Crippen molar-refractivity contribution in [2.75, 3.05) is 5.32 Å². The van der Waals surface area contributed by atoms with Crippen LogP contribution < -0.4 is 16.8 Å². The third-order valence-electron chi connectivity index (χ3n) is 2.92. The number of nitrogens with one attached hydrogen (secondary N) is 1. The third kappa shape index (κ3) is 4.13. The van der Waals surface area contributed by atoms with Gasteiger partial charge in [-0.2, -0.15) is 0 Å². The Balaban J connectivity index is 2.34. The van der Waals surface area contributed by atoms with Crippen LogP contribution in [0.25, 0.3) is 0 Å². The predicted octanol–water partition coefficient (Wildman–Crippen LogP) is 2.41. The van der Waals surface area contributed by atoms with E-state index >= 15 is 0 Å². The van der Waals surface area contributed by atoms with Gasteiger partial charge in [-0.15, -0.1) is 10.2 Å². The van der Waals surface area contributed by atoms with E-state index in [1.165, 1.54) is 0 Å². The molecule has 0 aliphatic heterocycles. The van der Waals surface area contributed by atoms with E-state index in [0.29, 0.717) is 10.7 Å². The molecule has 0 heterocycles. The van der Waals surface area contributed by atoms with Gasteiger partial charge in [-0.3, -0.25) is 0 Å². The minimum atomic E-state index is -0.118. The van der Waals surface area contributed by atoms with E-state index in [2.05, 4.69) is 15.5 Å². The maximum Gasteiger partial charge on any atom is 0.211 e. The molecule has 0 saturated carbocycles. The molecule has 0 unspecified atom stereocenters. The summed E-state index contributed by atoms with van der Waals surface area (Å²) >= 11 is 5.46. The number of nitrogens with two attached hydrogens (primary N) is 2. The van der Waals surface area contributed by atoms with Gasteiger partial charge in [0.1, 0.15) is 10.7 Å². The SMILES string of the molecule is Cc1ccccc1NC(=S)C(=NN=C(N)N)c1ccccc1. The zero-order chi connectivity index (χ0) is 15.9. The lowest BCUT2D eigenvalue weighted by Crippen LogP contribution is -2.24. The molecule has 22 heavy (non-hydrogen) atoms. The average molecular weight is 311 g/mol. The van der Waals surface area contributed by atoms with Crippen LogP contribution in [-0.2, 0) is 0 Å². The van der Waals surface area contributed by atoms with Crippen molar-refractivity contribution in [1.29, 1.82) is 0 Å². The molecular formula is C16H17N5S. The quantitative estimate of drug-likeness (QED) is 0.350. The highest BCUT2D eigenvalue weighted by atomic mass is 32.1. The first kappa shape index (κ1) is 15.7. The fourth-order valence-corrected chi connectivity index (χ4v) is 2.10. The second-order valence-electron chi connectivity index (χ2n) is 4.61. The minimum absolute atomic E-state index is 0.118. The molecule has 2 rings (SSSR count). The van der Waals surface area contributed by atoms with Crippen molar-refractivity contribution in [3.05, 3.63) is 65.7 Å². The first-order valence-electron chi connectivity index (χ1n) is 6.67. The maximum atomic E-state index is 5.46. The summed E-state index contributed by atoms with van der Waals surface area (Å²) in [4.78, 5) is 0.450. The highest BCUT2D eigenvalue weighted by Gasteiger charge is 2.11. The van der Waals surface area contributed by atoms with Gasteiger partial charge in [0.05, 0.1) is 0 Å². The number of thiocarbonyl (C=S) groups is 1. The molecular weight excluding hydrogens is 294 g/mol. The van der Waals surface area contributed by atoms with Crippen molar-refractivity contribution < 1.29 is 0 Å². The van der Waals surface area contributed by atoms with Gasteiger partial charge in [0.2, 0.25) is 5.96 Å². The fraction of sp³-hybridized carbons (Fsp3) is 0.0625. The summed E-state index contributed by atoms with van der Waals surface area (Å²) in [5.41, 5.74) is 14.0. The largest absolute Gasteiger partial charge is 0.369 e. The monoisotopic (exact) mass is 311 g/mol. The van der Waals surface area contributed by atoms with Crippen molar-refractivity contribution in [3.8, 4) is 0 Å². The molecule has 0 saturated heterocycles. The highest BCUT2D eigenvalue weighted by Crippen LogP contribution is 2.15. The zero-order valence-electron chi connectivity index (χ0n) is 12.2.